The summed E-state index contributed by atoms with van der Waals surface area (Å²) < 4.78 is 0. The van der Waals surface area contributed by atoms with Crippen molar-refractivity contribution >= 4 is 46.4 Å². The molecule has 1 atom stereocenters. The highest BCUT2D eigenvalue weighted by molar-refractivity contribution is 6.36. The lowest BCUT2D eigenvalue weighted by molar-refractivity contribution is 0.550. The van der Waals surface area contributed by atoms with Gasteiger partial charge in [0.25, 0.3) is 0 Å². The zero-order chi connectivity index (χ0) is 15.4. The second-order valence-corrected chi connectivity index (χ2v) is 6.34. The van der Waals surface area contributed by atoms with Crippen LogP contribution in [0.3, 0.4) is 0 Å². The van der Waals surface area contributed by atoms with Crippen molar-refractivity contribution in [2.75, 3.05) is 6.54 Å². The number of nitrogens with one attached hydrogen (secondary N) is 1. The molecule has 1 nitrogen and oxygen atoms in total. The third kappa shape index (κ3) is 4.28. The standard InChI is InChI=1S/C16H15Cl4N/c1-2-21-15(16-12(18)4-3-5-13(16)19)8-10-6-7-11(17)9-14(10)20/h3-7,9,15,21H,2,8H2,1H3. The van der Waals surface area contributed by atoms with Crippen LogP contribution in [0, 0.1) is 0 Å². The van der Waals surface area contributed by atoms with Gasteiger partial charge in [0.2, 0.25) is 0 Å². The predicted molar refractivity (Wildman–Crippen MR) is 93.0 cm³/mol. The van der Waals surface area contributed by atoms with Crippen LogP contribution in [0.15, 0.2) is 36.4 Å². The Balaban J connectivity index is 2.35. The normalized spacial score (nSPS) is 12.4. The quantitative estimate of drug-likeness (QED) is 0.668. The van der Waals surface area contributed by atoms with Crippen LogP contribution in [-0.4, -0.2) is 6.54 Å². The van der Waals surface area contributed by atoms with Crippen molar-refractivity contribution in [1.29, 1.82) is 0 Å². The maximum absolute atomic E-state index is 6.31. The van der Waals surface area contributed by atoms with Gasteiger partial charge in [0.1, 0.15) is 0 Å². The van der Waals surface area contributed by atoms with Crippen LogP contribution in [0.4, 0.5) is 0 Å². The molecule has 112 valence electrons. The summed E-state index contributed by atoms with van der Waals surface area (Å²) in [4.78, 5) is 0. The fraction of sp³-hybridized carbons (Fsp3) is 0.250. The molecule has 0 heterocycles. The number of likely N-dealkylation sites (N-methyl/N-ethyl adjacent to an activating group) is 1. The molecule has 0 aliphatic rings. The number of rotatable bonds is 5. The lowest BCUT2D eigenvalue weighted by atomic mass is 9.98. The van der Waals surface area contributed by atoms with E-state index in [-0.39, 0.29) is 6.04 Å². The molecule has 1 unspecified atom stereocenters. The minimum absolute atomic E-state index is 0.00474. The molecule has 2 aromatic carbocycles. The number of hydrogen-bond acceptors (Lipinski definition) is 1. The minimum Gasteiger partial charge on any atom is -0.310 e. The summed E-state index contributed by atoms with van der Waals surface area (Å²) in [7, 11) is 0. The van der Waals surface area contributed by atoms with Crippen molar-refractivity contribution in [2.24, 2.45) is 0 Å². The first-order valence-corrected chi connectivity index (χ1v) is 8.15. The van der Waals surface area contributed by atoms with Crippen molar-refractivity contribution < 1.29 is 0 Å². The van der Waals surface area contributed by atoms with E-state index in [9.17, 15) is 0 Å². The summed E-state index contributed by atoms with van der Waals surface area (Å²) in [6, 6.07) is 11.0. The Kier molecular flexibility index (Phi) is 6.21. The van der Waals surface area contributed by atoms with Crippen molar-refractivity contribution in [3.05, 3.63) is 67.6 Å². The summed E-state index contributed by atoms with van der Waals surface area (Å²) in [6.07, 6.45) is 0.688. The highest BCUT2D eigenvalue weighted by Gasteiger charge is 2.19. The number of halogens is 4. The molecule has 0 amide bonds. The van der Waals surface area contributed by atoms with Gasteiger partial charge in [-0.3, -0.25) is 0 Å². The average molecular weight is 363 g/mol. The number of hydrogen-bond donors (Lipinski definition) is 1. The minimum atomic E-state index is -0.00474. The van der Waals surface area contributed by atoms with E-state index in [1.54, 1.807) is 6.07 Å². The summed E-state index contributed by atoms with van der Waals surface area (Å²) in [5, 5.41) is 5.98. The second-order valence-electron chi connectivity index (χ2n) is 4.69. The summed E-state index contributed by atoms with van der Waals surface area (Å²) in [6.45, 7) is 2.85. The maximum Gasteiger partial charge on any atom is 0.0468 e. The van der Waals surface area contributed by atoms with Gasteiger partial charge in [0, 0.05) is 31.7 Å². The van der Waals surface area contributed by atoms with E-state index in [0.717, 1.165) is 17.7 Å². The predicted octanol–water partition coefficient (Wildman–Crippen LogP) is 6.19. The molecule has 0 aliphatic carbocycles. The van der Waals surface area contributed by atoms with E-state index in [2.05, 4.69) is 5.32 Å². The Hall–Kier alpha value is -0.440. The third-order valence-electron chi connectivity index (χ3n) is 3.24. The van der Waals surface area contributed by atoms with Crippen LogP contribution in [0.5, 0.6) is 0 Å². The lowest BCUT2D eigenvalue weighted by Crippen LogP contribution is -2.23. The Bertz CT molecular complexity index is 607. The molecule has 0 aliphatic heterocycles. The van der Waals surface area contributed by atoms with E-state index in [1.807, 2.05) is 37.3 Å². The van der Waals surface area contributed by atoms with E-state index >= 15 is 0 Å². The Labute approximate surface area is 145 Å². The zero-order valence-electron chi connectivity index (χ0n) is 11.5. The van der Waals surface area contributed by atoms with Gasteiger partial charge in [0.15, 0.2) is 0 Å². The van der Waals surface area contributed by atoms with Gasteiger partial charge in [-0.2, -0.15) is 0 Å². The van der Waals surface area contributed by atoms with Crippen LogP contribution in [0.1, 0.15) is 24.1 Å². The third-order valence-corrected chi connectivity index (χ3v) is 4.48. The van der Waals surface area contributed by atoms with Gasteiger partial charge >= 0.3 is 0 Å². The van der Waals surface area contributed by atoms with Crippen LogP contribution >= 0.6 is 46.4 Å². The molecule has 2 aromatic rings. The van der Waals surface area contributed by atoms with Gasteiger partial charge in [0.05, 0.1) is 0 Å². The van der Waals surface area contributed by atoms with Crippen molar-refractivity contribution in [1.82, 2.24) is 5.32 Å². The Morgan fingerprint density at radius 1 is 0.952 bits per heavy atom. The van der Waals surface area contributed by atoms with Gasteiger partial charge in [-0.05, 0) is 42.8 Å². The first-order valence-electron chi connectivity index (χ1n) is 6.64. The van der Waals surface area contributed by atoms with Gasteiger partial charge < -0.3 is 5.32 Å². The molecule has 0 spiro atoms. The molecule has 1 N–H and O–H groups in total. The molecule has 21 heavy (non-hydrogen) atoms. The topological polar surface area (TPSA) is 12.0 Å². The fourth-order valence-electron chi connectivity index (χ4n) is 2.27. The smallest absolute Gasteiger partial charge is 0.0468 e. The second kappa shape index (κ2) is 7.71. The first-order chi connectivity index (χ1) is 10.0. The molecule has 0 radical (unpaired) electrons. The largest absolute Gasteiger partial charge is 0.310 e. The molecule has 5 heteroatoms. The molecule has 2 rings (SSSR count). The average Bonchev–Trinajstić information content (AvgIpc) is 2.41. The molecule has 0 bridgehead atoms. The molecular weight excluding hydrogens is 348 g/mol. The van der Waals surface area contributed by atoms with Crippen LogP contribution < -0.4 is 5.32 Å². The zero-order valence-corrected chi connectivity index (χ0v) is 14.5. The molecule has 0 fully saturated rings. The maximum atomic E-state index is 6.31. The highest BCUT2D eigenvalue weighted by atomic mass is 35.5. The van der Waals surface area contributed by atoms with Crippen molar-refractivity contribution in [3.63, 3.8) is 0 Å². The molecule has 0 saturated carbocycles. The van der Waals surface area contributed by atoms with Crippen LogP contribution in [0.25, 0.3) is 0 Å². The highest BCUT2D eigenvalue weighted by Crippen LogP contribution is 2.33. The molecule has 0 aromatic heterocycles. The monoisotopic (exact) mass is 361 g/mol. The Morgan fingerprint density at radius 3 is 2.19 bits per heavy atom. The van der Waals surface area contributed by atoms with Gasteiger partial charge in [-0.25, -0.2) is 0 Å². The lowest BCUT2D eigenvalue weighted by Gasteiger charge is -2.21. The SMILES string of the molecule is CCNC(Cc1ccc(Cl)cc1Cl)c1c(Cl)cccc1Cl. The summed E-state index contributed by atoms with van der Waals surface area (Å²) >= 11 is 24.8. The van der Waals surface area contributed by atoms with Crippen LogP contribution in [0.2, 0.25) is 20.1 Å². The van der Waals surface area contributed by atoms with E-state index < -0.39 is 0 Å². The summed E-state index contributed by atoms with van der Waals surface area (Å²) in [5.74, 6) is 0. The van der Waals surface area contributed by atoms with E-state index in [0.29, 0.717) is 26.5 Å². The Morgan fingerprint density at radius 2 is 1.62 bits per heavy atom. The fourth-order valence-corrected chi connectivity index (χ4v) is 3.42. The van der Waals surface area contributed by atoms with E-state index in [4.69, 9.17) is 46.4 Å². The van der Waals surface area contributed by atoms with Crippen LogP contribution in [-0.2, 0) is 6.42 Å². The molecule has 0 saturated heterocycles. The van der Waals surface area contributed by atoms with Gasteiger partial charge in [-0.15, -0.1) is 0 Å². The summed E-state index contributed by atoms with van der Waals surface area (Å²) in [5.41, 5.74) is 1.90. The van der Waals surface area contributed by atoms with E-state index in [1.165, 1.54) is 0 Å². The van der Waals surface area contributed by atoms with Crippen molar-refractivity contribution in [2.45, 2.75) is 19.4 Å². The molecular formula is C16H15Cl4N. The number of benzene rings is 2. The van der Waals surface area contributed by atoms with Crippen molar-refractivity contribution in [3.8, 4) is 0 Å². The first kappa shape index (κ1) is 16.9. The van der Waals surface area contributed by atoms with Gasteiger partial charge in [-0.1, -0.05) is 65.5 Å².